The summed E-state index contributed by atoms with van der Waals surface area (Å²) in [7, 11) is 3.99. The van der Waals surface area contributed by atoms with Gasteiger partial charge in [0, 0.05) is 31.6 Å². The maximum absolute atomic E-state index is 13.4. The van der Waals surface area contributed by atoms with Crippen LogP contribution < -0.4 is 0 Å². The second-order valence-electron chi connectivity index (χ2n) is 9.39. The molecular formula is C26H32N2O3. The fourth-order valence-electron chi connectivity index (χ4n) is 4.87. The highest BCUT2D eigenvalue weighted by Crippen LogP contribution is 2.43. The molecule has 2 fully saturated rings. The van der Waals surface area contributed by atoms with E-state index < -0.39 is 5.41 Å². The molecule has 2 aromatic carbocycles. The molecule has 1 atom stereocenters. The molecule has 5 heteroatoms. The van der Waals surface area contributed by atoms with Gasteiger partial charge in [-0.1, -0.05) is 48.0 Å². The number of amides is 1. The zero-order valence-electron chi connectivity index (χ0n) is 18.8. The Bertz CT molecular complexity index is 943. The molecule has 5 nitrogen and oxygen atoms in total. The van der Waals surface area contributed by atoms with E-state index in [1.165, 1.54) is 11.1 Å². The molecule has 1 unspecified atom stereocenters. The molecule has 2 aliphatic heterocycles. The average Bonchev–Trinajstić information content (AvgIpc) is 3.03. The van der Waals surface area contributed by atoms with Gasteiger partial charge in [0.15, 0.2) is 0 Å². The van der Waals surface area contributed by atoms with Gasteiger partial charge in [0.2, 0.25) is 0 Å². The number of rotatable bonds is 5. The number of nitrogens with zero attached hydrogens (tertiary/aromatic N) is 2. The number of aryl methyl sites for hydroxylation is 1. The number of cyclic esters (lactones) is 1. The summed E-state index contributed by atoms with van der Waals surface area (Å²) in [6.45, 7) is 4.03. The van der Waals surface area contributed by atoms with Crippen LogP contribution in [0.25, 0.3) is 0 Å². The van der Waals surface area contributed by atoms with Gasteiger partial charge in [0.1, 0.15) is 6.10 Å². The summed E-state index contributed by atoms with van der Waals surface area (Å²) in [6.07, 6.45) is 2.82. The van der Waals surface area contributed by atoms with E-state index in [9.17, 15) is 9.59 Å². The van der Waals surface area contributed by atoms with Gasteiger partial charge in [0.05, 0.1) is 5.41 Å². The van der Waals surface area contributed by atoms with Crippen LogP contribution in [-0.4, -0.2) is 61.5 Å². The van der Waals surface area contributed by atoms with E-state index >= 15 is 0 Å². The Hall–Kier alpha value is -2.66. The fraction of sp³-hybridized carbons (Fsp3) is 0.462. The van der Waals surface area contributed by atoms with Crippen LogP contribution in [0.2, 0.25) is 0 Å². The lowest BCUT2D eigenvalue weighted by Gasteiger charge is -2.36. The zero-order valence-corrected chi connectivity index (χ0v) is 18.8. The van der Waals surface area contributed by atoms with E-state index in [0.717, 1.165) is 30.5 Å². The third kappa shape index (κ3) is 4.67. The van der Waals surface area contributed by atoms with Crippen LogP contribution in [0, 0.1) is 12.3 Å². The first kappa shape index (κ1) is 21.6. The van der Waals surface area contributed by atoms with E-state index in [1.807, 2.05) is 43.3 Å². The van der Waals surface area contributed by atoms with Crippen LogP contribution in [0.3, 0.4) is 0 Å². The van der Waals surface area contributed by atoms with Crippen molar-refractivity contribution < 1.29 is 14.3 Å². The predicted octanol–water partition coefficient (Wildman–Crippen LogP) is 3.69. The number of piperidine rings is 1. The molecule has 0 aliphatic carbocycles. The maximum atomic E-state index is 13.4. The van der Waals surface area contributed by atoms with Crippen LogP contribution in [0.5, 0.6) is 0 Å². The highest BCUT2D eigenvalue weighted by atomic mass is 16.6. The Morgan fingerprint density at radius 1 is 1.10 bits per heavy atom. The van der Waals surface area contributed by atoms with Crippen molar-refractivity contribution in [3.63, 3.8) is 0 Å². The van der Waals surface area contributed by atoms with Crippen LogP contribution >= 0.6 is 0 Å². The topological polar surface area (TPSA) is 49.9 Å². The molecule has 2 aromatic rings. The highest BCUT2D eigenvalue weighted by Gasteiger charge is 2.50. The number of hydrogen-bond donors (Lipinski definition) is 0. The molecule has 0 bridgehead atoms. The summed E-state index contributed by atoms with van der Waals surface area (Å²) in [6, 6.07) is 16.3. The van der Waals surface area contributed by atoms with E-state index in [0.29, 0.717) is 25.9 Å². The van der Waals surface area contributed by atoms with Crippen molar-refractivity contribution in [1.82, 2.24) is 9.80 Å². The van der Waals surface area contributed by atoms with Crippen LogP contribution in [0.1, 0.15) is 46.3 Å². The molecule has 0 radical (unpaired) electrons. The Labute approximate surface area is 185 Å². The monoisotopic (exact) mass is 420 g/mol. The molecular weight excluding hydrogens is 388 g/mol. The fourth-order valence-corrected chi connectivity index (χ4v) is 4.87. The second-order valence-corrected chi connectivity index (χ2v) is 9.39. The van der Waals surface area contributed by atoms with Gasteiger partial charge >= 0.3 is 5.97 Å². The summed E-state index contributed by atoms with van der Waals surface area (Å²) in [5, 5.41) is 0. The van der Waals surface area contributed by atoms with Crippen molar-refractivity contribution in [2.24, 2.45) is 5.41 Å². The third-order valence-corrected chi connectivity index (χ3v) is 6.66. The molecule has 2 saturated heterocycles. The number of benzene rings is 2. The number of carbonyl (C=O) groups is 2. The molecule has 0 N–H and O–H groups in total. The Balaban J connectivity index is 1.44. The number of hydrogen-bond acceptors (Lipinski definition) is 4. The van der Waals surface area contributed by atoms with Crippen molar-refractivity contribution in [2.45, 2.75) is 38.7 Å². The Kier molecular flexibility index (Phi) is 6.15. The zero-order chi connectivity index (χ0) is 22.0. The molecule has 2 heterocycles. The first-order valence-corrected chi connectivity index (χ1v) is 11.1. The number of esters is 1. The van der Waals surface area contributed by atoms with Gasteiger partial charge < -0.3 is 14.5 Å². The van der Waals surface area contributed by atoms with Crippen molar-refractivity contribution in [1.29, 1.82) is 0 Å². The quantitative estimate of drug-likeness (QED) is 0.693. The van der Waals surface area contributed by atoms with E-state index in [4.69, 9.17) is 4.74 Å². The largest absolute Gasteiger partial charge is 0.461 e. The number of likely N-dealkylation sites (tertiary alicyclic amines) is 1. The molecule has 164 valence electrons. The summed E-state index contributed by atoms with van der Waals surface area (Å²) in [5.74, 6) is -0.0139. The first-order valence-electron chi connectivity index (χ1n) is 11.1. The van der Waals surface area contributed by atoms with Gasteiger partial charge in [-0.15, -0.1) is 0 Å². The Morgan fingerprint density at radius 2 is 1.77 bits per heavy atom. The predicted molar refractivity (Wildman–Crippen MR) is 121 cm³/mol. The number of ether oxygens (including phenoxy) is 1. The summed E-state index contributed by atoms with van der Waals surface area (Å²) < 4.78 is 5.66. The van der Waals surface area contributed by atoms with E-state index in [-0.39, 0.29) is 18.0 Å². The van der Waals surface area contributed by atoms with Crippen LogP contribution in [0.4, 0.5) is 0 Å². The molecule has 1 spiro atoms. The van der Waals surface area contributed by atoms with Crippen LogP contribution in [0.15, 0.2) is 48.5 Å². The van der Waals surface area contributed by atoms with Gasteiger partial charge in [-0.3, -0.25) is 9.59 Å². The van der Waals surface area contributed by atoms with Gasteiger partial charge in [-0.25, -0.2) is 0 Å². The summed E-state index contributed by atoms with van der Waals surface area (Å²) in [5.41, 5.74) is 3.82. The Morgan fingerprint density at radius 3 is 2.45 bits per heavy atom. The van der Waals surface area contributed by atoms with E-state index in [1.54, 1.807) is 0 Å². The van der Waals surface area contributed by atoms with Gasteiger partial charge in [-0.05, 0) is 57.5 Å². The summed E-state index contributed by atoms with van der Waals surface area (Å²) in [4.78, 5) is 30.0. The SMILES string of the molecule is Cc1ccc(Cc2ccccc2C(=O)N2CCC3(CC2)CC(CN(C)C)OC3=O)cc1. The standard InChI is InChI=1S/C26H32N2O3/c1-19-8-10-20(11-9-19)16-21-6-4-5-7-23(21)24(29)28-14-12-26(13-15-28)17-22(18-27(2)3)31-25(26)30/h4-11,22H,12-18H2,1-3H3. The number of likely N-dealkylation sites (N-methyl/N-ethyl adjacent to an activating group) is 1. The van der Waals surface area contributed by atoms with Crippen molar-refractivity contribution in [3.05, 3.63) is 70.8 Å². The van der Waals surface area contributed by atoms with E-state index in [2.05, 4.69) is 36.1 Å². The molecule has 0 aromatic heterocycles. The lowest BCUT2D eigenvalue weighted by atomic mass is 9.76. The minimum Gasteiger partial charge on any atom is -0.461 e. The normalized spacial score (nSPS) is 20.3. The van der Waals surface area contributed by atoms with Gasteiger partial charge in [0.25, 0.3) is 5.91 Å². The minimum absolute atomic E-state index is 0.0417. The maximum Gasteiger partial charge on any atom is 0.312 e. The third-order valence-electron chi connectivity index (χ3n) is 6.66. The van der Waals surface area contributed by atoms with Crippen molar-refractivity contribution in [3.8, 4) is 0 Å². The van der Waals surface area contributed by atoms with Gasteiger partial charge in [-0.2, -0.15) is 0 Å². The minimum atomic E-state index is -0.418. The number of carbonyl (C=O) groups excluding carboxylic acids is 2. The molecule has 2 aliphatic rings. The molecule has 1 amide bonds. The first-order chi connectivity index (χ1) is 14.9. The van der Waals surface area contributed by atoms with Crippen molar-refractivity contribution in [2.75, 3.05) is 33.7 Å². The smallest absolute Gasteiger partial charge is 0.312 e. The highest BCUT2D eigenvalue weighted by molar-refractivity contribution is 5.96. The molecule has 31 heavy (non-hydrogen) atoms. The van der Waals surface area contributed by atoms with Crippen molar-refractivity contribution >= 4 is 11.9 Å². The van der Waals surface area contributed by atoms with Crippen LogP contribution in [-0.2, 0) is 16.0 Å². The lowest BCUT2D eigenvalue weighted by Crippen LogP contribution is -2.45. The summed E-state index contributed by atoms with van der Waals surface area (Å²) >= 11 is 0. The lowest BCUT2D eigenvalue weighted by molar-refractivity contribution is -0.150. The average molecular weight is 421 g/mol. The molecule has 4 rings (SSSR count). The second kappa shape index (κ2) is 8.83. The molecule has 0 saturated carbocycles.